The van der Waals surface area contributed by atoms with Gasteiger partial charge in [-0.25, -0.2) is 5.01 Å². The lowest BCUT2D eigenvalue weighted by Gasteiger charge is -2.30. The zero-order valence-electron chi connectivity index (χ0n) is 28.5. The second kappa shape index (κ2) is 17.4. The van der Waals surface area contributed by atoms with Crippen LogP contribution in [0.25, 0.3) is 23.9 Å². The van der Waals surface area contributed by atoms with Crippen LogP contribution < -0.4 is 5.84 Å². The maximum Gasteiger partial charge on any atom is 0.0614 e. The van der Waals surface area contributed by atoms with Crippen LogP contribution in [0.1, 0.15) is 93.9 Å². The number of nitrogens with two attached hydrogens (primary N) is 1. The molecule has 2 N–H and O–H groups in total. The molecule has 1 aromatic heterocycles. The Bertz CT molecular complexity index is 1580. The van der Waals surface area contributed by atoms with Gasteiger partial charge in [-0.1, -0.05) is 126 Å². The molecule has 0 saturated heterocycles. The molecular weight excluding hydrogens is 546 g/mol. The molecular formula is C42H53N3. The number of hydrazine groups is 1. The smallest absolute Gasteiger partial charge is 0.0614 e. The standard InChI is InChI=1S/C24H21N.C14H20N2.2C2H6/c1-4-6-11-19-17(3)25(24-13-9-7-8-12-22(19)24)18-14-15-21-20(10-5-2)23(21)16-18;1-3-5-6-14-13(4-2)11-7-9-12(10-8-11)16(14)15;2*1-2/h4-8,10-16,20H,1H2,2-3H3;4-9,12-14H,2-3,10,15H2,1H3;2*1-2H3/b10-5-,11-6-;6-5-;;. The number of nitrogens with zero attached hydrogens (tertiary/aromatic N) is 2. The van der Waals surface area contributed by atoms with E-state index in [1.807, 2.05) is 63.1 Å². The van der Waals surface area contributed by atoms with E-state index in [2.05, 4.69) is 123 Å². The molecule has 1 aromatic carbocycles. The average molecular weight is 600 g/mol. The van der Waals surface area contributed by atoms with Crippen LogP contribution in [-0.4, -0.2) is 21.7 Å². The van der Waals surface area contributed by atoms with E-state index < -0.39 is 0 Å². The average Bonchev–Trinajstić information content (AvgIpc) is 3.81. The largest absolute Gasteiger partial charge is 0.313 e. The Labute approximate surface area is 273 Å². The van der Waals surface area contributed by atoms with E-state index in [1.54, 1.807) is 0 Å². The van der Waals surface area contributed by atoms with Crippen molar-refractivity contribution in [3.05, 3.63) is 149 Å². The Morgan fingerprint density at radius 1 is 1.07 bits per heavy atom. The fraction of sp³-hybridized carbons (Fsp3) is 0.310. The summed E-state index contributed by atoms with van der Waals surface area (Å²) in [5.74, 6) is 7.04. The molecule has 2 bridgehead atoms. The molecule has 0 spiro atoms. The number of fused-ring (bicyclic) bond motifs is 5. The van der Waals surface area contributed by atoms with E-state index >= 15 is 0 Å². The summed E-state index contributed by atoms with van der Waals surface area (Å²) in [4.78, 5) is 0. The molecule has 7 rings (SSSR count). The summed E-state index contributed by atoms with van der Waals surface area (Å²) >= 11 is 0. The zero-order valence-corrected chi connectivity index (χ0v) is 28.5. The van der Waals surface area contributed by atoms with Crippen molar-refractivity contribution in [3.63, 3.8) is 0 Å². The first-order valence-electron chi connectivity index (χ1n) is 16.6. The van der Waals surface area contributed by atoms with Crippen LogP contribution >= 0.6 is 0 Å². The van der Waals surface area contributed by atoms with Gasteiger partial charge < -0.3 is 4.57 Å². The Hall–Kier alpha value is -4.14. The van der Waals surface area contributed by atoms with E-state index in [0.29, 0.717) is 17.9 Å². The van der Waals surface area contributed by atoms with Crippen molar-refractivity contribution >= 4 is 18.2 Å². The quantitative estimate of drug-likeness (QED) is 0.149. The molecule has 4 unspecified atom stereocenters. The van der Waals surface area contributed by atoms with Crippen molar-refractivity contribution in [2.75, 3.05) is 0 Å². The highest BCUT2D eigenvalue weighted by Gasteiger charge is 2.33. The number of aromatic nitrogens is 1. The lowest BCUT2D eigenvalue weighted by atomic mass is 9.90. The maximum atomic E-state index is 6.22. The lowest BCUT2D eigenvalue weighted by Crippen LogP contribution is -2.47. The van der Waals surface area contributed by atoms with Gasteiger partial charge in [-0.2, -0.15) is 0 Å². The summed E-state index contributed by atoms with van der Waals surface area (Å²) in [6.45, 7) is 22.1. The number of hydrogen-bond donors (Lipinski definition) is 1. The first-order valence-corrected chi connectivity index (χ1v) is 16.6. The molecule has 3 aliphatic carbocycles. The van der Waals surface area contributed by atoms with Gasteiger partial charge in [-0.3, -0.25) is 5.84 Å². The van der Waals surface area contributed by atoms with Crippen LogP contribution in [-0.2, 0) is 0 Å². The van der Waals surface area contributed by atoms with Crippen molar-refractivity contribution in [2.24, 2.45) is 11.8 Å². The van der Waals surface area contributed by atoms with Gasteiger partial charge in [0.15, 0.2) is 0 Å². The van der Waals surface area contributed by atoms with Crippen molar-refractivity contribution in [3.8, 4) is 5.69 Å². The summed E-state index contributed by atoms with van der Waals surface area (Å²) < 4.78 is 2.33. The third kappa shape index (κ3) is 7.75. The fourth-order valence-corrected chi connectivity index (χ4v) is 6.14. The summed E-state index contributed by atoms with van der Waals surface area (Å²) in [7, 11) is 0. The summed E-state index contributed by atoms with van der Waals surface area (Å²) in [6.07, 6.45) is 33.7. The predicted octanol–water partition coefficient (Wildman–Crippen LogP) is 10.8. The number of allylic oxidation sites excluding steroid dienone is 8. The number of benzene rings is 1. The summed E-state index contributed by atoms with van der Waals surface area (Å²) in [5, 5.41) is 1.96. The highest BCUT2D eigenvalue weighted by atomic mass is 15.4. The lowest BCUT2D eigenvalue weighted by molar-refractivity contribution is 0.183. The van der Waals surface area contributed by atoms with Crippen LogP contribution in [0.4, 0.5) is 0 Å². The number of rotatable bonds is 7. The molecule has 236 valence electrons. The van der Waals surface area contributed by atoms with Crippen LogP contribution in [0.15, 0.2) is 116 Å². The molecule has 45 heavy (non-hydrogen) atoms. The van der Waals surface area contributed by atoms with Gasteiger partial charge in [0.25, 0.3) is 0 Å². The van der Waals surface area contributed by atoms with Crippen LogP contribution in [0.3, 0.4) is 0 Å². The molecule has 0 amide bonds. The highest BCUT2D eigenvalue weighted by Crippen LogP contribution is 2.46. The molecule has 3 nitrogen and oxygen atoms in total. The zero-order chi connectivity index (χ0) is 32.9. The molecule has 0 fully saturated rings. The van der Waals surface area contributed by atoms with Gasteiger partial charge in [0, 0.05) is 46.5 Å². The third-order valence-corrected chi connectivity index (χ3v) is 8.32. The van der Waals surface area contributed by atoms with Crippen LogP contribution in [0.5, 0.6) is 0 Å². The predicted molar refractivity (Wildman–Crippen MR) is 199 cm³/mol. The minimum atomic E-state index is 0.242. The van der Waals surface area contributed by atoms with Crippen molar-refractivity contribution in [2.45, 2.75) is 79.3 Å². The van der Waals surface area contributed by atoms with E-state index in [4.69, 9.17) is 5.84 Å². The molecule has 5 aliphatic rings. The van der Waals surface area contributed by atoms with Gasteiger partial charge in [0.05, 0.1) is 11.7 Å². The first-order chi connectivity index (χ1) is 22.0. The molecule has 2 aromatic rings. The summed E-state index contributed by atoms with van der Waals surface area (Å²) in [5.41, 5.74) is 13.6. The number of hydrogen-bond acceptors (Lipinski definition) is 2. The van der Waals surface area contributed by atoms with Crippen LogP contribution in [0, 0.1) is 12.8 Å². The topological polar surface area (TPSA) is 34.2 Å². The molecule has 0 saturated carbocycles. The Morgan fingerprint density at radius 2 is 1.84 bits per heavy atom. The van der Waals surface area contributed by atoms with Gasteiger partial charge >= 0.3 is 0 Å². The van der Waals surface area contributed by atoms with E-state index in [1.165, 1.54) is 44.9 Å². The molecule has 3 heteroatoms. The van der Waals surface area contributed by atoms with Crippen LogP contribution in [0.2, 0.25) is 0 Å². The Balaban J connectivity index is 0.000000239. The van der Waals surface area contributed by atoms with Crippen molar-refractivity contribution in [1.82, 2.24) is 9.58 Å². The van der Waals surface area contributed by atoms with E-state index in [9.17, 15) is 0 Å². The molecule has 2 aliphatic heterocycles. The van der Waals surface area contributed by atoms with E-state index in [0.717, 1.165) is 12.8 Å². The van der Waals surface area contributed by atoms with Gasteiger partial charge in [0.1, 0.15) is 0 Å². The monoisotopic (exact) mass is 599 g/mol. The normalized spacial score (nSPS) is 21.9. The van der Waals surface area contributed by atoms with Gasteiger partial charge in [-0.05, 0) is 61.6 Å². The highest BCUT2D eigenvalue weighted by molar-refractivity contribution is 5.79. The second-order valence-electron chi connectivity index (χ2n) is 10.8. The van der Waals surface area contributed by atoms with Gasteiger partial charge in [-0.15, -0.1) is 12.3 Å². The minimum absolute atomic E-state index is 0.242. The van der Waals surface area contributed by atoms with Crippen molar-refractivity contribution < 1.29 is 0 Å². The minimum Gasteiger partial charge on any atom is -0.313 e. The second-order valence-corrected chi connectivity index (χ2v) is 10.8. The maximum absolute atomic E-state index is 6.22. The first kappa shape index (κ1) is 35.3. The SMILES string of the molecule is C=C/C=C\c1c2c(n(-c3ccc4c(c3)C4/C=C\C)c1C)C=C=CC=C2.C=CC1C2=CCC(C=C2)N(N)C1/C=C\CC.CC.CC. The van der Waals surface area contributed by atoms with Gasteiger partial charge in [0.2, 0.25) is 0 Å². The Kier molecular flexibility index (Phi) is 13.6. The molecule has 4 atom stereocenters. The molecule has 0 radical (unpaired) electrons. The van der Waals surface area contributed by atoms with E-state index in [-0.39, 0.29) is 6.04 Å². The van der Waals surface area contributed by atoms with Crippen molar-refractivity contribution in [1.29, 1.82) is 0 Å². The molecule has 3 heterocycles. The fourth-order valence-electron chi connectivity index (χ4n) is 6.14. The third-order valence-electron chi connectivity index (χ3n) is 8.32. The Morgan fingerprint density at radius 3 is 2.49 bits per heavy atom. The summed E-state index contributed by atoms with van der Waals surface area (Å²) in [6, 6.07) is 7.38.